The molecule has 180 valence electrons. The number of hydrogen-bond donors (Lipinski definition) is 0. The highest BCUT2D eigenvalue weighted by molar-refractivity contribution is 7.92. The Morgan fingerprint density at radius 2 is 1.47 bits per heavy atom. The number of sulfonamides is 1. The van der Waals surface area contributed by atoms with E-state index < -0.39 is 10.0 Å². The average Bonchev–Trinajstić information content (AvgIpc) is 2.82. The summed E-state index contributed by atoms with van der Waals surface area (Å²) in [6, 6.07) is 24.5. The summed E-state index contributed by atoms with van der Waals surface area (Å²) in [6.45, 7) is 1.13. The van der Waals surface area contributed by atoms with Crippen molar-refractivity contribution >= 4 is 33.2 Å². The topological polar surface area (TPSA) is 66.9 Å². The molecule has 3 rings (SSSR count). The molecule has 6 nitrogen and oxygen atoms in total. The van der Waals surface area contributed by atoms with Gasteiger partial charge in [0.05, 0.1) is 24.1 Å². The summed E-state index contributed by atoms with van der Waals surface area (Å²) in [4.78, 5) is 15.0. The molecule has 0 aliphatic carbocycles. The van der Waals surface area contributed by atoms with E-state index >= 15 is 0 Å². The molecule has 0 N–H and O–H groups in total. The molecule has 8 heteroatoms. The van der Waals surface area contributed by atoms with Crippen molar-refractivity contribution in [3.05, 3.63) is 95.0 Å². The van der Waals surface area contributed by atoms with E-state index in [0.717, 1.165) is 17.4 Å². The smallest absolute Gasteiger partial charge is 0.232 e. The molecule has 0 spiro atoms. The van der Waals surface area contributed by atoms with Crippen LogP contribution in [0.5, 0.6) is 5.75 Å². The molecule has 34 heavy (non-hydrogen) atoms. The highest BCUT2D eigenvalue weighted by Crippen LogP contribution is 2.30. The van der Waals surface area contributed by atoms with E-state index in [9.17, 15) is 13.2 Å². The summed E-state index contributed by atoms with van der Waals surface area (Å²) in [5, 5.41) is 0.321. The zero-order chi connectivity index (χ0) is 24.6. The number of methoxy groups -OCH3 is 1. The van der Waals surface area contributed by atoms with Crippen molar-refractivity contribution in [2.75, 3.05) is 24.2 Å². The summed E-state index contributed by atoms with van der Waals surface area (Å²) in [5.74, 6) is 0.431. The minimum atomic E-state index is -3.56. The SMILES string of the molecule is COc1ccc(N(CCCC(=O)N(Cc2ccccc2)Cc2ccccc2)S(C)(=O)=O)cc1Cl. The summed E-state index contributed by atoms with van der Waals surface area (Å²) < 4.78 is 31.3. The molecule has 1 amide bonds. The van der Waals surface area contributed by atoms with Crippen molar-refractivity contribution in [2.24, 2.45) is 0 Å². The lowest BCUT2D eigenvalue weighted by Crippen LogP contribution is -2.33. The summed E-state index contributed by atoms with van der Waals surface area (Å²) in [5.41, 5.74) is 2.51. The van der Waals surface area contributed by atoms with Gasteiger partial charge in [0.15, 0.2) is 0 Å². The first-order valence-corrected chi connectivity index (χ1v) is 13.2. The van der Waals surface area contributed by atoms with Gasteiger partial charge in [-0.3, -0.25) is 9.10 Å². The fraction of sp³-hybridized carbons (Fsp3) is 0.269. The van der Waals surface area contributed by atoms with Crippen LogP contribution in [-0.4, -0.2) is 39.1 Å². The van der Waals surface area contributed by atoms with Crippen LogP contribution in [0.3, 0.4) is 0 Å². The molecule has 0 radical (unpaired) electrons. The van der Waals surface area contributed by atoms with Gasteiger partial charge in [-0.15, -0.1) is 0 Å². The van der Waals surface area contributed by atoms with E-state index in [1.165, 1.54) is 11.4 Å². The molecule has 0 heterocycles. The summed E-state index contributed by atoms with van der Waals surface area (Å²) >= 11 is 6.20. The number of halogens is 1. The Balaban J connectivity index is 1.70. The maximum absolute atomic E-state index is 13.2. The van der Waals surface area contributed by atoms with Crippen LogP contribution in [0.2, 0.25) is 5.02 Å². The number of nitrogens with zero attached hydrogens (tertiary/aromatic N) is 2. The first-order valence-electron chi connectivity index (χ1n) is 10.9. The van der Waals surface area contributed by atoms with Crippen LogP contribution < -0.4 is 9.04 Å². The van der Waals surface area contributed by atoms with E-state index in [1.807, 2.05) is 60.7 Å². The van der Waals surface area contributed by atoms with Crippen LogP contribution in [0.25, 0.3) is 0 Å². The molecule has 0 atom stereocenters. The van der Waals surface area contributed by atoms with Gasteiger partial charge >= 0.3 is 0 Å². The van der Waals surface area contributed by atoms with Gasteiger partial charge in [0, 0.05) is 26.1 Å². The van der Waals surface area contributed by atoms with Crippen LogP contribution in [0.4, 0.5) is 5.69 Å². The lowest BCUT2D eigenvalue weighted by molar-refractivity contribution is -0.132. The number of benzene rings is 3. The second-order valence-corrected chi connectivity index (χ2v) is 10.3. The predicted molar refractivity (Wildman–Crippen MR) is 137 cm³/mol. The van der Waals surface area contributed by atoms with Crippen molar-refractivity contribution in [1.82, 2.24) is 4.90 Å². The Bertz CT molecular complexity index is 1150. The Morgan fingerprint density at radius 3 is 1.94 bits per heavy atom. The number of amides is 1. The van der Waals surface area contributed by atoms with Crippen molar-refractivity contribution in [3.8, 4) is 5.75 Å². The Labute approximate surface area is 206 Å². The third kappa shape index (κ3) is 7.23. The minimum Gasteiger partial charge on any atom is -0.495 e. The van der Waals surface area contributed by atoms with E-state index in [4.69, 9.17) is 16.3 Å². The molecule has 0 aliphatic rings. The quantitative estimate of drug-likeness (QED) is 0.366. The highest BCUT2D eigenvalue weighted by Gasteiger charge is 2.20. The number of carbonyl (C=O) groups is 1. The van der Waals surface area contributed by atoms with Crippen LogP contribution >= 0.6 is 11.6 Å². The minimum absolute atomic E-state index is 0.0334. The van der Waals surface area contributed by atoms with Gasteiger partial charge in [-0.2, -0.15) is 0 Å². The number of carbonyl (C=O) groups excluding carboxylic acids is 1. The molecule has 0 aromatic heterocycles. The first kappa shape index (κ1) is 25.6. The van der Waals surface area contributed by atoms with Crippen LogP contribution in [-0.2, 0) is 27.9 Å². The van der Waals surface area contributed by atoms with Gasteiger partial charge in [-0.05, 0) is 35.7 Å². The third-order valence-electron chi connectivity index (χ3n) is 5.36. The first-order chi connectivity index (χ1) is 16.3. The lowest BCUT2D eigenvalue weighted by Gasteiger charge is -2.25. The van der Waals surface area contributed by atoms with E-state index in [2.05, 4.69) is 0 Å². The van der Waals surface area contributed by atoms with E-state index in [1.54, 1.807) is 23.1 Å². The number of anilines is 1. The number of ether oxygens (including phenoxy) is 1. The van der Waals surface area contributed by atoms with Gasteiger partial charge in [0.25, 0.3) is 0 Å². The van der Waals surface area contributed by atoms with Crippen LogP contribution in [0.15, 0.2) is 78.9 Å². The second kappa shape index (κ2) is 11.9. The monoisotopic (exact) mass is 500 g/mol. The molecule has 3 aromatic rings. The zero-order valence-corrected chi connectivity index (χ0v) is 20.9. The van der Waals surface area contributed by atoms with Gasteiger partial charge in [0.2, 0.25) is 15.9 Å². The van der Waals surface area contributed by atoms with Crippen molar-refractivity contribution in [2.45, 2.75) is 25.9 Å². The van der Waals surface area contributed by atoms with E-state index in [0.29, 0.717) is 36.0 Å². The number of hydrogen-bond acceptors (Lipinski definition) is 4. The van der Waals surface area contributed by atoms with Gasteiger partial charge in [-0.1, -0.05) is 72.3 Å². The van der Waals surface area contributed by atoms with Gasteiger partial charge in [0.1, 0.15) is 5.75 Å². The maximum atomic E-state index is 13.2. The summed E-state index contributed by atoms with van der Waals surface area (Å²) in [7, 11) is -2.06. The second-order valence-electron chi connectivity index (χ2n) is 7.98. The van der Waals surface area contributed by atoms with Crippen LogP contribution in [0.1, 0.15) is 24.0 Å². The zero-order valence-electron chi connectivity index (χ0n) is 19.4. The van der Waals surface area contributed by atoms with Crippen molar-refractivity contribution in [3.63, 3.8) is 0 Å². The Hall–Kier alpha value is -3.03. The maximum Gasteiger partial charge on any atom is 0.232 e. The van der Waals surface area contributed by atoms with Gasteiger partial charge in [-0.25, -0.2) is 8.42 Å². The van der Waals surface area contributed by atoms with Crippen molar-refractivity contribution in [1.29, 1.82) is 0 Å². The molecular weight excluding hydrogens is 472 g/mol. The number of rotatable bonds is 11. The van der Waals surface area contributed by atoms with Crippen LogP contribution in [0, 0.1) is 0 Å². The Kier molecular flexibility index (Phi) is 8.96. The highest BCUT2D eigenvalue weighted by atomic mass is 35.5. The fourth-order valence-electron chi connectivity index (χ4n) is 3.67. The van der Waals surface area contributed by atoms with E-state index in [-0.39, 0.29) is 18.9 Å². The molecular formula is C26H29ClN2O4S. The van der Waals surface area contributed by atoms with Crippen molar-refractivity contribution < 1.29 is 17.9 Å². The normalized spacial score (nSPS) is 11.1. The lowest BCUT2D eigenvalue weighted by atomic mass is 10.1. The molecule has 0 unspecified atom stereocenters. The predicted octanol–water partition coefficient (Wildman–Crippen LogP) is 5.12. The molecule has 3 aromatic carbocycles. The molecule has 0 aliphatic heterocycles. The molecule has 0 saturated carbocycles. The Morgan fingerprint density at radius 1 is 0.912 bits per heavy atom. The van der Waals surface area contributed by atoms with Gasteiger partial charge < -0.3 is 9.64 Å². The third-order valence-corrected chi connectivity index (χ3v) is 6.85. The molecule has 0 saturated heterocycles. The average molecular weight is 501 g/mol. The fourth-order valence-corrected chi connectivity index (χ4v) is 4.88. The standard InChI is InChI=1S/C26H29ClN2O4S/c1-33-25-16-15-23(18-24(25)27)29(34(2,31)32)17-9-14-26(30)28(19-21-10-5-3-6-11-21)20-22-12-7-4-8-13-22/h3-8,10-13,15-16,18H,9,14,17,19-20H2,1-2H3. The summed E-state index contributed by atoms with van der Waals surface area (Å²) in [6.07, 6.45) is 1.73. The largest absolute Gasteiger partial charge is 0.495 e. The molecule has 0 bridgehead atoms. The molecule has 0 fully saturated rings.